The van der Waals surface area contributed by atoms with Gasteiger partial charge in [-0.1, -0.05) is 0 Å². The van der Waals surface area contributed by atoms with Crippen LogP contribution in [0.3, 0.4) is 0 Å². The van der Waals surface area contributed by atoms with Crippen molar-refractivity contribution in [2.75, 3.05) is 31.5 Å². The molecule has 2 N–H and O–H groups in total. The molecule has 0 spiro atoms. The third-order valence-electron chi connectivity index (χ3n) is 7.07. The van der Waals surface area contributed by atoms with Gasteiger partial charge < -0.3 is 19.5 Å². The average molecular weight is 551 g/mol. The summed E-state index contributed by atoms with van der Waals surface area (Å²) >= 11 is 1.31. The van der Waals surface area contributed by atoms with Gasteiger partial charge in [0, 0.05) is 30.7 Å². The molecule has 4 heterocycles. The number of amides is 3. The number of fused-ring (bicyclic) bond motifs is 1. The number of hydrogen-bond acceptors (Lipinski definition) is 7. The van der Waals surface area contributed by atoms with E-state index in [4.69, 9.17) is 9.41 Å². The first-order valence-electron chi connectivity index (χ1n) is 13.4. The van der Waals surface area contributed by atoms with E-state index in [0.29, 0.717) is 29.2 Å². The first-order valence-corrected chi connectivity index (χ1v) is 14.3. The molecule has 1 aromatic carbocycles. The van der Waals surface area contributed by atoms with Crippen molar-refractivity contribution >= 4 is 51.7 Å². The molecule has 11 heteroatoms. The monoisotopic (exact) mass is 550 g/mol. The van der Waals surface area contributed by atoms with Gasteiger partial charge in [-0.2, -0.15) is 0 Å². The molecular weight excluding hydrogens is 516 g/mol. The molecule has 1 atom stereocenters. The predicted octanol–water partition coefficient (Wildman–Crippen LogP) is 4.02. The quantitative estimate of drug-likeness (QED) is 0.366. The van der Waals surface area contributed by atoms with Gasteiger partial charge in [-0.25, -0.2) is 9.98 Å². The highest BCUT2D eigenvalue weighted by Crippen LogP contribution is 2.23. The van der Waals surface area contributed by atoms with E-state index in [1.807, 2.05) is 43.0 Å². The number of nitrogens with zero attached hydrogens (tertiary/aromatic N) is 4. The number of carbonyl (C=O) groups is 3. The van der Waals surface area contributed by atoms with E-state index in [2.05, 4.69) is 15.6 Å². The van der Waals surface area contributed by atoms with E-state index in [1.54, 1.807) is 11.8 Å². The van der Waals surface area contributed by atoms with Crippen molar-refractivity contribution < 1.29 is 18.8 Å². The largest absolute Gasteiger partial charge is 0.461 e. The van der Waals surface area contributed by atoms with E-state index in [9.17, 15) is 14.4 Å². The van der Waals surface area contributed by atoms with Gasteiger partial charge in [0.1, 0.15) is 22.3 Å². The second-order valence-corrected chi connectivity index (χ2v) is 11.4. The zero-order valence-electron chi connectivity index (χ0n) is 22.6. The lowest BCUT2D eigenvalue weighted by atomic mass is 10.1. The minimum Gasteiger partial charge on any atom is -0.461 e. The van der Waals surface area contributed by atoms with E-state index >= 15 is 0 Å². The highest BCUT2D eigenvalue weighted by Gasteiger charge is 2.30. The number of hydrogen-bond donors (Lipinski definition) is 2. The number of benzene rings is 1. The van der Waals surface area contributed by atoms with Crippen LogP contribution in [0.4, 0.5) is 5.69 Å². The summed E-state index contributed by atoms with van der Waals surface area (Å²) < 4.78 is 5.68. The summed E-state index contributed by atoms with van der Waals surface area (Å²) in [7, 11) is 0. The molecular formula is C28H34N6O4S. The van der Waals surface area contributed by atoms with Crippen molar-refractivity contribution in [3.05, 3.63) is 45.6 Å². The molecule has 0 saturated carbocycles. The number of rotatable bonds is 5. The highest BCUT2D eigenvalue weighted by atomic mass is 32.1. The molecule has 0 aliphatic carbocycles. The van der Waals surface area contributed by atoms with E-state index in [-0.39, 0.29) is 30.2 Å². The van der Waals surface area contributed by atoms with Crippen LogP contribution < -0.4 is 10.6 Å². The van der Waals surface area contributed by atoms with Crippen LogP contribution in [-0.4, -0.2) is 70.7 Å². The van der Waals surface area contributed by atoms with Crippen LogP contribution in [0.2, 0.25) is 0 Å². The van der Waals surface area contributed by atoms with Crippen molar-refractivity contribution in [1.29, 1.82) is 0 Å². The third kappa shape index (κ3) is 6.30. The molecule has 0 bridgehead atoms. The maximum absolute atomic E-state index is 13.6. The zero-order valence-corrected chi connectivity index (χ0v) is 23.4. The van der Waals surface area contributed by atoms with Crippen molar-refractivity contribution in [1.82, 2.24) is 20.1 Å². The van der Waals surface area contributed by atoms with Gasteiger partial charge in [0.05, 0.1) is 17.2 Å². The van der Waals surface area contributed by atoms with Crippen molar-refractivity contribution in [3.63, 3.8) is 0 Å². The van der Waals surface area contributed by atoms with Gasteiger partial charge in [0.15, 0.2) is 0 Å². The molecule has 2 fully saturated rings. The Labute approximate surface area is 231 Å². The molecule has 2 aliphatic heterocycles. The van der Waals surface area contributed by atoms with Crippen LogP contribution >= 0.6 is 11.3 Å². The van der Waals surface area contributed by atoms with Crippen LogP contribution in [-0.2, 0) is 9.59 Å². The van der Waals surface area contributed by atoms with E-state index in [1.165, 1.54) is 11.3 Å². The Kier molecular flexibility index (Phi) is 7.97. The van der Waals surface area contributed by atoms with Crippen molar-refractivity contribution in [3.8, 4) is 0 Å². The Morgan fingerprint density at radius 1 is 1.10 bits per heavy atom. The Balaban J connectivity index is 1.40. The van der Waals surface area contributed by atoms with E-state index in [0.717, 1.165) is 60.5 Å². The van der Waals surface area contributed by atoms with Crippen LogP contribution in [0.25, 0.3) is 11.0 Å². The smallest absolute Gasteiger partial charge is 0.269 e. The number of furan rings is 1. The minimum absolute atomic E-state index is 0.0168. The molecule has 5 rings (SSSR count). The molecule has 1 unspecified atom stereocenters. The Hall–Kier alpha value is -3.73. The van der Waals surface area contributed by atoms with Gasteiger partial charge in [-0.15, -0.1) is 11.3 Å². The number of aromatic nitrogens is 1. The summed E-state index contributed by atoms with van der Waals surface area (Å²) in [6.07, 6.45) is 4.14. The molecule has 3 amide bonds. The second-order valence-electron chi connectivity index (χ2n) is 10.2. The number of guanidine groups is 1. The van der Waals surface area contributed by atoms with Crippen molar-refractivity contribution in [2.45, 2.75) is 58.9 Å². The van der Waals surface area contributed by atoms with E-state index < -0.39 is 6.04 Å². The topological polar surface area (TPSA) is 120 Å². The fraction of sp³-hybridized carbons (Fsp3) is 0.464. The fourth-order valence-electron chi connectivity index (χ4n) is 5.14. The maximum atomic E-state index is 13.6. The molecule has 3 aromatic rings. The van der Waals surface area contributed by atoms with Gasteiger partial charge in [0.2, 0.25) is 17.8 Å². The van der Waals surface area contributed by atoms with Crippen molar-refractivity contribution in [2.24, 2.45) is 4.99 Å². The maximum Gasteiger partial charge on any atom is 0.269 e. The molecule has 10 nitrogen and oxygen atoms in total. The molecule has 2 aliphatic rings. The van der Waals surface area contributed by atoms with Gasteiger partial charge in [-0.05, 0) is 77.1 Å². The number of anilines is 1. The number of carbonyl (C=O) groups excluding carboxylic acids is 3. The van der Waals surface area contributed by atoms with Crippen LogP contribution in [0.5, 0.6) is 0 Å². The molecule has 39 heavy (non-hydrogen) atoms. The molecule has 2 saturated heterocycles. The zero-order chi connectivity index (χ0) is 27.5. The van der Waals surface area contributed by atoms with Crippen LogP contribution in [0, 0.1) is 20.8 Å². The SMILES string of the molecule is Cc1cc2cc(NC(=NC3CCCCN(CC(=O)N4CCCC4)C3=O)NC(=O)c3sc(C)nc3C)ccc2o1. The number of nitrogens with one attached hydrogen (secondary N) is 2. The average Bonchev–Trinajstić information content (AvgIpc) is 3.61. The lowest BCUT2D eigenvalue weighted by Crippen LogP contribution is -2.45. The normalized spacial score (nSPS) is 18.5. The highest BCUT2D eigenvalue weighted by molar-refractivity contribution is 7.13. The standard InChI is InChI=1S/C28H34N6O4S/c1-17-14-20-15-21(9-10-23(20)38-17)30-28(32-26(36)25-18(2)29-19(3)39-25)31-22-8-4-5-13-34(27(22)37)16-24(35)33-11-6-7-12-33/h9-10,14-15,22H,4-8,11-13,16H2,1-3H3,(H2,30,31,32,36). The summed E-state index contributed by atoms with van der Waals surface area (Å²) in [5.74, 6) is 0.423. The van der Waals surface area contributed by atoms with Gasteiger partial charge >= 0.3 is 0 Å². The van der Waals surface area contributed by atoms with Crippen LogP contribution in [0.1, 0.15) is 58.2 Å². The molecule has 206 valence electrons. The fourth-order valence-corrected chi connectivity index (χ4v) is 5.95. The van der Waals surface area contributed by atoms with Gasteiger partial charge in [0.25, 0.3) is 5.91 Å². The summed E-state index contributed by atoms with van der Waals surface area (Å²) in [5.41, 5.74) is 2.09. The van der Waals surface area contributed by atoms with Crippen LogP contribution in [0.15, 0.2) is 33.7 Å². The third-order valence-corrected chi connectivity index (χ3v) is 8.14. The number of aryl methyl sites for hydroxylation is 3. The summed E-state index contributed by atoms with van der Waals surface area (Å²) in [5, 5.41) is 7.79. The molecule has 2 aromatic heterocycles. The lowest BCUT2D eigenvalue weighted by molar-refractivity contribution is -0.140. The Morgan fingerprint density at radius 3 is 2.62 bits per heavy atom. The van der Waals surface area contributed by atoms with Gasteiger partial charge in [-0.3, -0.25) is 19.7 Å². The first kappa shape index (κ1) is 26.9. The number of aliphatic imine (C=N–C) groups is 1. The number of likely N-dealkylation sites (tertiary alicyclic amines) is 2. The summed E-state index contributed by atoms with van der Waals surface area (Å²) in [6, 6.07) is 6.81. The minimum atomic E-state index is -0.717. The summed E-state index contributed by atoms with van der Waals surface area (Å²) in [6.45, 7) is 7.62. The summed E-state index contributed by atoms with van der Waals surface area (Å²) in [4.78, 5) is 52.6. The first-order chi connectivity index (χ1) is 18.8. The molecule has 0 radical (unpaired) electrons. The Morgan fingerprint density at radius 2 is 1.87 bits per heavy atom. The number of thiazole rings is 1. The Bertz CT molecular complexity index is 1420. The lowest BCUT2D eigenvalue weighted by Gasteiger charge is -2.25. The predicted molar refractivity (Wildman–Crippen MR) is 151 cm³/mol. The second kappa shape index (κ2) is 11.6.